The minimum Gasteiger partial charge on any atom is -0.467 e. The highest BCUT2D eigenvalue weighted by Gasteiger charge is 2.58. The van der Waals surface area contributed by atoms with E-state index in [1.807, 2.05) is 0 Å². The van der Waals surface area contributed by atoms with E-state index in [-0.39, 0.29) is 17.1 Å². The molecule has 0 saturated carbocycles. The Kier molecular flexibility index (Phi) is 4.15. The summed E-state index contributed by atoms with van der Waals surface area (Å²) in [5.74, 6) is -0.175. The third kappa shape index (κ3) is 2.60. The van der Waals surface area contributed by atoms with Gasteiger partial charge in [-0.2, -0.15) is 0 Å². The van der Waals surface area contributed by atoms with Gasteiger partial charge in [-0.15, -0.1) is 0 Å². The van der Waals surface area contributed by atoms with Crippen molar-refractivity contribution in [2.45, 2.75) is 63.4 Å². The summed E-state index contributed by atoms with van der Waals surface area (Å²) >= 11 is 0. The molecule has 2 fully saturated rings. The van der Waals surface area contributed by atoms with Crippen molar-refractivity contribution in [1.29, 1.82) is 0 Å². The zero-order valence-corrected chi connectivity index (χ0v) is 15.3. The van der Waals surface area contributed by atoms with Crippen LogP contribution >= 0.6 is 0 Å². The monoisotopic (exact) mass is 311 g/mol. The van der Waals surface area contributed by atoms with Crippen LogP contribution in [-0.4, -0.2) is 51.0 Å². The number of nitrogens with zero attached hydrogens (tertiary/aromatic N) is 1. The van der Waals surface area contributed by atoms with Crippen molar-refractivity contribution in [3.63, 3.8) is 0 Å². The topological polar surface area (TPSA) is 38.8 Å². The predicted molar refractivity (Wildman–Crippen MR) is 86.8 cm³/mol. The molecule has 120 valence electrons. The van der Waals surface area contributed by atoms with Gasteiger partial charge in [0.05, 0.1) is 13.2 Å². The van der Waals surface area contributed by atoms with Crippen molar-refractivity contribution in [3.05, 3.63) is 12.2 Å². The van der Waals surface area contributed by atoms with Crippen molar-refractivity contribution in [3.8, 4) is 0 Å². The number of carbonyl (C=O) groups excluding carboxylic acids is 1. The molecule has 0 aliphatic carbocycles. The molecule has 0 radical (unpaired) electrons. The second-order valence-corrected chi connectivity index (χ2v) is 12.6. The van der Waals surface area contributed by atoms with Crippen LogP contribution in [0.4, 0.5) is 0 Å². The minimum atomic E-state index is -1.83. The number of ether oxygens (including phenoxy) is 1. The number of fused-ring (bicyclic) bond motifs is 1. The molecule has 0 aromatic rings. The number of methoxy groups -OCH3 is 1. The summed E-state index contributed by atoms with van der Waals surface area (Å²) in [6.45, 7) is 17.1. The van der Waals surface area contributed by atoms with Gasteiger partial charge in [-0.25, -0.2) is 4.79 Å². The van der Waals surface area contributed by atoms with Gasteiger partial charge >= 0.3 is 5.97 Å². The largest absolute Gasteiger partial charge is 0.467 e. The second-order valence-electron chi connectivity index (χ2n) is 7.86. The van der Waals surface area contributed by atoms with Crippen LogP contribution in [0.5, 0.6) is 0 Å². The molecule has 2 saturated heterocycles. The van der Waals surface area contributed by atoms with Gasteiger partial charge in [0.1, 0.15) is 5.54 Å². The molecule has 0 bridgehead atoms. The standard InChI is InChI=1S/C16H29NO3Si/c1-12-8-9-17-11-13(10-16(12,17)14(18)19-5)20-21(6,7)15(2,3)4/h13H,1,8-11H2,2-7H3. The Labute approximate surface area is 129 Å². The van der Waals surface area contributed by atoms with Crippen molar-refractivity contribution in [2.24, 2.45) is 0 Å². The molecule has 0 aromatic heterocycles. The summed E-state index contributed by atoms with van der Waals surface area (Å²) < 4.78 is 11.6. The molecule has 0 N–H and O–H groups in total. The Hall–Kier alpha value is -0.653. The van der Waals surface area contributed by atoms with E-state index in [0.29, 0.717) is 6.42 Å². The summed E-state index contributed by atoms with van der Waals surface area (Å²) in [7, 11) is -0.365. The first-order valence-corrected chi connectivity index (χ1v) is 10.6. The van der Waals surface area contributed by atoms with E-state index < -0.39 is 13.9 Å². The lowest BCUT2D eigenvalue weighted by atomic mass is 9.89. The first-order valence-electron chi connectivity index (χ1n) is 7.74. The summed E-state index contributed by atoms with van der Waals surface area (Å²) in [5, 5.41) is 0.176. The average Bonchev–Trinajstić information content (AvgIpc) is 2.85. The number of carbonyl (C=O) groups is 1. The molecule has 2 aliphatic rings. The van der Waals surface area contributed by atoms with Gasteiger partial charge in [0, 0.05) is 19.5 Å². The van der Waals surface area contributed by atoms with E-state index in [4.69, 9.17) is 9.16 Å². The van der Waals surface area contributed by atoms with E-state index in [1.165, 1.54) is 7.11 Å². The SMILES string of the molecule is C=C1CCN2CC(O[Si](C)(C)C(C)(C)C)CC12C(=O)OC. The van der Waals surface area contributed by atoms with Crippen LogP contribution in [0.1, 0.15) is 33.6 Å². The smallest absolute Gasteiger partial charge is 0.330 e. The molecule has 2 atom stereocenters. The highest BCUT2D eigenvalue weighted by molar-refractivity contribution is 6.74. The first kappa shape index (κ1) is 16.7. The summed E-state index contributed by atoms with van der Waals surface area (Å²) in [6, 6.07) is 0. The van der Waals surface area contributed by atoms with Crippen LogP contribution in [0.2, 0.25) is 18.1 Å². The highest BCUT2D eigenvalue weighted by Crippen LogP contribution is 2.46. The molecule has 21 heavy (non-hydrogen) atoms. The lowest BCUT2D eigenvalue weighted by Crippen LogP contribution is -2.47. The highest BCUT2D eigenvalue weighted by atomic mass is 28.4. The van der Waals surface area contributed by atoms with Gasteiger partial charge in [-0.1, -0.05) is 27.4 Å². The lowest BCUT2D eigenvalue weighted by molar-refractivity contribution is -0.149. The molecule has 2 heterocycles. The van der Waals surface area contributed by atoms with Crippen molar-refractivity contribution < 1.29 is 14.0 Å². The third-order valence-corrected chi connectivity index (χ3v) is 10.1. The molecule has 5 heteroatoms. The van der Waals surface area contributed by atoms with Crippen molar-refractivity contribution in [2.75, 3.05) is 20.2 Å². The Morgan fingerprint density at radius 3 is 2.57 bits per heavy atom. The van der Waals surface area contributed by atoms with Gasteiger partial charge in [0.15, 0.2) is 8.32 Å². The van der Waals surface area contributed by atoms with Gasteiger partial charge in [-0.3, -0.25) is 4.90 Å². The van der Waals surface area contributed by atoms with Crippen LogP contribution in [0.15, 0.2) is 12.2 Å². The van der Waals surface area contributed by atoms with Crippen LogP contribution in [0.3, 0.4) is 0 Å². The van der Waals surface area contributed by atoms with E-state index >= 15 is 0 Å². The number of esters is 1. The van der Waals surface area contributed by atoms with E-state index in [0.717, 1.165) is 25.1 Å². The van der Waals surface area contributed by atoms with Gasteiger partial charge in [-0.05, 0) is 30.1 Å². The number of rotatable bonds is 3. The maximum Gasteiger partial charge on any atom is 0.330 e. The molecule has 4 nitrogen and oxygen atoms in total. The van der Waals surface area contributed by atoms with Gasteiger partial charge in [0.2, 0.25) is 0 Å². The van der Waals surface area contributed by atoms with E-state index in [9.17, 15) is 4.79 Å². The second kappa shape index (κ2) is 5.21. The fourth-order valence-electron chi connectivity index (χ4n) is 3.25. The summed E-state index contributed by atoms with van der Waals surface area (Å²) in [5.41, 5.74) is 0.345. The van der Waals surface area contributed by atoms with Crippen LogP contribution in [0.25, 0.3) is 0 Å². The summed E-state index contributed by atoms with van der Waals surface area (Å²) in [4.78, 5) is 14.6. The van der Waals surface area contributed by atoms with Crippen molar-refractivity contribution >= 4 is 14.3 Å². The van der Waals surface area contributed by atoms with E-state index in [2.05, 4.69) is 45.3 Å². The average molecular weight is 311 g/mol. The Balaban J connectivity index is 2.19. The Morgan fingerprint density at radius 1 is 1.43 bits per heavy atom. The molecular formula is C16H29NO3Si. The number of hydrogen-bond donors (Lipinski definition) is 0. The third-order valence-electron chi connectivity index (χ3n) is 5.55. The Bertz CT molecular complexity index is 455. The fraction of sp³-hybridized carbons (Fsp3) is 0.812. The van der Waals surface area contributed by atoms with Gasteiger partial charge < -0.3 is 9.16 Å². The zero-order valence-electron chi connectivity index (χ0n) is 14.3. The number of hydrogen-bond acceptors (Lipinski definition) is 4. The first-order chi connectivity index (χ1) is 9.54. The fourth-order valence-corrected chi connectivity index (χ4v) is 4.59. The normalized spacial score (nSPS) is 30.6. The molecular weight excluding hydrogens is 282 g/mol. The molecule has 2 aliphatic heterocycles. The molecule has 0 spiro atoms. The molecule has 0 amide bonds. The van der Waals surface area contributed by atoms with Crippen LogP contribution in [-0.2, 0) is 14.0 Å². The quantitative estimate of drug-likeness (QED) is 0.456. The maximum absolute atomic E-state index is 12.4. The predicted octanol–water partition coefficient (Wildman–Crippen LogP) is 2.95. The van der Waals surface area contributed by atoms with Crippen molar-refractivity contribution in [1.82, 2.24) is 4.90 Å². The lowest BCUT2D eigenvalue weighted by Gasteiger charge is -2.38. The van der Waals surface area contributed by atoms with E-state index in [1.54, 1.807) is 0 Å². The minimum absolute atomic E-state index is 0.0991. The maximum atomic E-state index is 12.4. The summed E-state index contributed by atoms with van der Waals surface area (Å²) in [6.07, 6.45) is 1.66. The molecule has 2 rings (SSSR count). The van der Waals surface area contributed by atoms with Crippen LogP contribution in [0, 0.1) is 0 Å². The molecule has 2 unspecified atom stereocenters. The Morgan fingerprint density at radius 2 is 2.05 bits per heavy atom. The molecule has 0 aromatic carbocycles. The zero-order chi connectivity index (χ0) is 16.1. The van der Waals surface area contributed by atoms with Crippen LogP contribution < -0.4 is 0 Å². The van der Waals surface area contributed by atoms with Gasteiger partial charge in [0.25, 0.3) is 0 Å².